The highest BCUT2D eigenvalue weighted by atomic mass is 35.5. The average Bonchev–Trinajstić information content (AvgIpc) is 2.51. The summed E-state index contributed by atoms with van der Waals surface area (Å²) in [5, 5.41) is 0.721. The molecule has 72 valence electrons. The molecule has 0 spiro atoms. The number of nitrogens with zero attached hydrogens (tertiary/aromatic N) is 1. The van der Waals surface area contributed by atoms with E-state index in [0.29, 0.717) is 6.42 Å². The normalized spacial score (nSPS) is 10.4. The van der Waals surface area contributed by atoms with Crippen molar-refractivity contribution in [1.29, 1.82) is 0 Å². The fraction of sp³-hybridized carbons (Fsp3) is 0.100. The first-order valence-corrected chi connectivity index (χ1v) is 4.56. The van der Waals surface area contributed by atoms with Crippen molar-refractivity contribution in [2.75, 3.05) is 5.73 Å². The van der Waals surface area contributed by atoms with Gasteiger partial charge in [-0.1, -0.05) is 23.7 Å². The van der Waals surface area contributed by atoms with Crippen molar-refractivity contribution < 1.29 is 4.42 Å². The van der Waals surface area contributed by atoms with Gasteiger partial charge in [0.05, 0.1) is 5.69 Å². The summed E-state index contributed by atoms with van der Waals surface area (Å²) < 4.78 is 4.90. The maximum absolute atomic E-state index is 5.85. The van der Waals surface area contributed by atoms with Crippen molar-refractivity contribution in [3.8, 4) is 0 Å². The quantitative estimate of drug-likeness (QED) is 0.825. The average molecular weight is 209 g/mol. The summed E-state index contributed by atoms with van der Waals surface area (Å²) in [5.41, 5.74) is 7.26. The predicted molar refractivity (Wildman–Crippen MR) is 55.2 cm³/mol. The Bertz CT molecular complexity index is 439. The van der Waals surface area contributed by atoms with Crippen LogP contribution in [0, 0.1) is 0 Å². The van der Waals surface area contributed by atoms with Gasteiger partial charge in [0.25, 0.3) is 6.01 Å². The van der Waals surface area contributed by atoms with Crippen LogP contribution in [0.2, 0.25) is 5.02 Å². The van der Waals surface area contributed by atoms with Crippen LogP contribution in [0.4, 0.5) is 6.01 Å². The second-order valence-corrected chi connectivity index (χ2v) is 3.42. The molecule has 2 rings (SSSR count). The van der Waals surface area contributed by atoms with E-state index in [1.807, 2.05) is 24.3 Å². The van der Waals surface area contributed by atoms with Crippen LogP contribution in [0.25, 0.3) is 0 Å². The minimum atomic E-state index is 0.196. The number of aromatic nitrogens is 1. The molecule has 0 bridgehead atoms. The van der Waals surface area contributed by atoms with E-state index in [4.69, 9.17) is 21.8 Å². The number of nitrogen functional groups attached to an aromatic ring is 1. The molecule has 4 heteroatoms. The molecule has 0 aliphatic heterocycles. The van der Waals surface area contributed by atoms with E-state index in [0.717, 1.165) is 16.3 Å². The van der Waals surface area contributed by atoms with Gasteiger partial charge in [-0.15, -0.1) is 0 Å². The third-order valence-corrected chi connectivity index (χ3v) is 2.08. The summed E-state index contributed by atoms with van der Waals surface area (Å²) in [4.78, 5) is 4.00. The lowest BCUT2D eigenvalue weighted by atomic mass is 10.1. The molecule has 14 heavy (non-hydrogen) atoms. The maximum Gasteiger partial charge on any atom is 0.292 e. The minimum absolute atomic E-state index is 0.196. The van der Waals surface area contributed by atoms with Crippen LogP contribution < -0.4 is 5.73 Å². The van der Waals surface area contributed by atoms with Crippen LogP contribution in [0.3, 0.4) is 0 Å². The van der Waals surface area contributed by atoms with Gasteiger partial charge in [0.15, 0.2) is 0 Å². The molecular formula is C10H9ClN2O. The second-order valence-electron chi connectivity index (χ2n) is 2.98. The molecule has 0 unspecified atom stereocenters. The lowest BCUT2D eigenvalue weighted by molar-refractivity contribution is 0.579. The summed E-state index contributed by atoms with van der Waals surface area (Å²) in [6.07, 6.45) is 2.23. The van der Waals surface area contributed by atoms with Gasteiger partial charge < -0.3 is 10.2 Å². The molecule has 2 N–H and O–H groups in total. The summed E-state index contributed by atoms with van der Waals surface area (Å²) in [6.45, 7) is 0. The van der Waals surface area contributed by atoms with Crippen LogP contribution in [-0.4, -0.2) is 4.98 Å². The summed E-state index contributed by atoms with van der Waals surface area (Å²) in [7, 11) is 0. The van der Waals surface area contributed by atoms with E-state index in [9.17, 15) is 0 Å². The number of hydrogen-bond donors (Lipinski definition) is 1. The SMILES string of the molecule is Nc1nc(Cc2cccc(Cl)c2)co1. The largest absolute Gasteiger partial charge is 0.432 e. The van der Waals surface area contributed by atoms with E-state index in [1.165, 1.54) is 0 Å². The molecular weight excluding hydrogens is 200 g/mol. The molecule has 0 radical (unpaired) electrons. The van der Waals surface area contributed by atoms with Gasteiger partial charge in [-0.05, 0) is 17.7 Å². The fourth-order valence-electron chi connectivity index (χ4n) is 1.26. The van der Waals surface area contributed by atoms with Gasteiger partial charge in [-0.3, -0.25) is 0 Å². The van der Waals surface area contributed by atoms with Crippen molar-refractivity contribution in [3.05, 3.63) is 46.8 Å². The zero-order chi connectivity index (χ0) is 9.97. The van der Waals surface area contributed by atoms with Gasteiger partial charge in [0, 0.05) is 11.4 Å². The van der Waals surface area contributed by atoms with Gasteiger partial charge in [0.2, 0.25) is 0 Å². The Kier molecular flexibility index (Phi) is 2.41. The first-order chi connectivity index (χ1) is 6.74. The van der Waals surface area contributed by atoms with Gasteiger partial charge in [-0.2, -0.15) is 4.98 Å². The van der Waals surface area contributed by atoms with Crippen LogP contribution >= 0.6 is 11.6 Å². The van der Waals surface area contributed by atoms with Gasteiger partial charge in [0.1, 0.15) is 6.26 Å². The van der Waals surface area contributed by atoms with Crippen molar-refractivity contribution in [3.63, 3.8) is 0 Å². The monoisotopic (exact) mass is 208 g/mol. The molecule has 0 saturated heterocycles. The Balaban J connectivity index is 2.18. The number of hydrogen-bond acceptors (Lipinski definition) is 3. The van der Waals surface area contributed by atoms with E-state index >= 15 is 0 Å². The zero-order valence-electron chi connectivity index (χ0n) is 7.40. The summed E-state index contributed by atoms with van der Waals surface area (Å²) in [5.74, 6) is 0. The highest BCUT2D eigenvalue weighted by Crippen LogP contribution is 2.14. The maximum atomic E-state index is 5.85. The second kappa shape index (κ2) is 3.72. The van der Waals surface area contributed by atoms with E-state index in [1.54, 1.807) is 6.26 Å². The Hall–Kier alpha value is -1.48. The molecule has 1 aromatic carbocycles. The molecule has 1 aromatic heterocycles. The van der Waals surface area contributed by atoms with Crippen LogP contribution in [0.5, 0.6) is 0 Å². The number of anilines is 1. The minimum Gasteiger partial charge on any atom is -0.432 e. The fourth-order valence-corrected chi connectivity index (χ4v) is 1.47. The number of benzene rings is 1. The summed E-state index contributed by atoms with van der Waals surface area (Å²) in [6, 6.07) is 7.81. The van der Waals surface area contributed by atoms with Crippen molar-refractivity contribution in [2.24, 2.45) is 0 Å². The lowest BCUT2D eigenvalue weighted by Crippen LogP contribution is -1.89. The predicted octanol–water partition coefficient (Wildman–Crippen LogP) is 2.50. The number of oxazole rings is 1. The Morgan fingerprint density at radius 2 is 2.29 bits per heavy atom. The van der Waals surface area contributed by atoms with Crippen LogP contribution in [0.1, 0.15) is 11.3 Å². The highest BCUT2D eigenvalue weighted by molar-refractivity contribution is 6.30. The molecule has 0 aliphatic rings. The first kappa shape index (κ1) is 9.09. The zero-order valence-corrected chi connectivity index (χ0v) is 8.16. The number of rotatable bonds is 2. The van der Waals surface area contributed by atoms with Crippen LogP contribution in [-0.2, 0) is 6.42 Å². The molecule has 0 amide bonds. The van der Waals surface area contributed by atoms with Gasteiger partial charge >= 0.3 is 0 Å². The van der Waals surface area contributed by atoms with Crippen molar-refractivity contribution >= 4 is 17.6 Å². The highest BCUT2D eigenvalue weighted by Gasteiger charge is 2.01. The molecule has 3 nitrogen and oxygen atoms in total. The van der Waals surface area contributed by atoms with Crippen LogP contribution in [0.15, 0.2) is 34.9 Å². The molecule has 0 atom stereocenters. The van der Waals surface area contributed by atoms with Gasteiger partial charge in [-0.25, -0.2) is 0 Å². The Morgan fingerprint density at radius 3 is 2.93 bits per heavy atom. The number of halogens is 1. The molecule has 1 heterocycles. The molecule has 0 saturated carbocycles. The molecule has 2 aromatic rings. The van der Waals surface area contributed by atoms with Crippen molar-refractivity contribution in [2.45, 2.75) is 6.42 Å². The van der Waals surface area contributed by atoms with E-state index < -0.39 is 0 Å². The smallest absolute Gasteiger partial charge is 0.292 e. The first-order valence-electron chi connectivity index (χ1n) is 4.18. The standard InChI is InChI=1S/C10H9ClN2O/c11-8-3-1-2-7(4-8)5-9-6-14-10(12)13-9/h1-4,6H,5H2,(H2,12,13). The number of nitrogens with two attached hydrogens (primary N) is 1. The topological polar surface area (TPSA) is 52.0 Å². The molecule has 0 fully saturated rings. The molecule has 0 aliphatic carbocycles. The van der Waals surface area contributed by atoms with E-state index in [2.05, 4.69) is 4.98 Å². The Morgan fingerprint density at radius 1 is 1.43 bits per heavy atom. The third-order valence-electron chi connectivity index (χ3n) is 1.84. The third kappa shape index (κ3) is 2.06. The summed E-state index contributed by atoms with van der Waals surface area (Å²) >= 11 is 5.85. The Labute approximate surface area is 86.5 Å². The van der Waals surface area contributed by atoms with Crippen molar-refractivity contribution in [1.82, 2.24) is 4.98 Å². The lowest BCUT2D eigenvalue weighted by Gasteiger charge is -1.97. The van der Waals surface area contributed by atoms with E-state index in [-0.39, 0.29) is 6.01 Å².